The van der Waals surface area contributed by atoms with Gasteiger partial charge < -0.3 is 15.4 Å². The van der Waals surface area contributed by atoms with Crippen LogP contribution < -0.4 is 10.6 Å². The van der Waals surface area contributed by atoms with Crippen molar-refractivity contribution in [2.75, 3.05) is 10.6 Å². The molecule has 0 fully saturated rings. The minimum atomic E-state index is 0.201. The van der Waals surface area contributed by atoms with Crippen LogP contribution in [0, 0.1) is 0 Å². The first kappa shape index (κ1) is 8.65. The molecule has 0 unspecified atom stereocenters. The number of anilines is 2. The SMILES string of the molecule is C1=CO[C@H](C2Nc3ccccc3N2)CC1. The van der Waals surface area contributed by atoms with Crippen molar-refractivity contribution in [3.8, 4) is 0 Å². The van der Waals surface area contributed by atoms with Crippen LogP contribution in [0.15, 0.2) is 36.6 Å². The highest BCUT2D eigenvalue weighted by Gasteiger charge is 2.28. The molecule has 1 aromatic carbocycles. The summed E-state index contributed by atoms with van der Waals surface area (Å²) in [6.07, 6.45) is 6.46. The number of rotatable bonds is 1. The molecular weight excluding hydrogens is 188 g/mol. The number of ether oxygens (including phenoxy) is 1. The Morgan fingerprint density at radius 1 is 1.13 bits per heavy atom. The monoisotopic (exact) mass is 202 g/mol. The maximum atomic E-state index is 5.59. The van der Waals surface area contributed by atoms with E-state index in [0.717, 1.165) is 12.8 Å². The fourth-order valence-corrected chi connectivity index (χ4v) is 2.09. The van der Waals surface area contributed by atoms with E-state index in [4.69, 9.17) is 4.74 Å². The zero-order valence-electron chi connectivity index (χ0n) is 8.44. The molecule has 2 N–H and O–H groups in total. The standard InChI is InChI=1S/C12H14N2O/c1-2-6-10-9(5-1)13-12(14-10)11-7-3-4-8-15-11/h1-2,4-6,8,11-14H,3,7H2/t11-/m0/s1. The first-order valence-electron chi connectivity index (χ1n) is 5.36. The van der Waals surface area contributed by atoms with Gasteiger partial charge in [0.1, 0.15) is 12.3 Å². The van der Waals surface area contributed by atoms with Gasteiger partial charge in [-0.05, 0) is 31.1 Å². The first-order valence-corrected chi connectivity index (χ1v) is 5.36. The molecule has 0 bridgehead atoms. The van der Waals surface area contributed by atoms with Crippen LogP contribution in [0.5, 0.6) is 0 Å². The van der Waals surface area contributed by atoms with Gasteiger partial charge in [0.15, 0.2) is 0 Å². The van der Waals surface area contributed by atoms with Gasteiger partial charge >= 0.3 is 0 Å². The molecule has 3 rings (SSSR count). The van der Waals surface area contributed by atoms with Crippen molar-refractivity contribution in [3.05, 3.63) is 36.6 Å². The zero-order chi connectivity index (χ0) is 10.1. The molecular formula is C12H14N2O. The molecule has 0 saturated carbocycles. The van der Waals surface area contributed by atoms with Crippen molar-refractivity contribution in [1.82, 2.24) is 0 Å². The second-order valence-electron chi connectivity index (χ2n) is 3.94. The second kappa shape index (κ2) is 3.50. The molecule has 3 nitrogen and oxygen atoms in total. The van der Waals surface area contributed by atoms with E-state index in [9.17, 15) is 0 Å². The van der Waals surface area contributed by atoms with Crippen molar-refractivity contribution in [2.45, 2.75) is 25.1 Å². The van der Waals surface area contributed by atoms with Gasteiger partial charge in [-0.25, -0.2) is 0 Å². The highest BCUT2D eigenvalue weighted by molar-refractivity contribution is 5.74. The molecule has 3 heteroatoms. The van der Waals surface area contributed by atoms with Gasteiger partial charge in [0.05, 0.1) is 17.6 Å². The molecule has 1 atom stereocenters. The molecule has 2 aliphatic heterocycles. The van der Waals surface area contributed by atoms with Gasteiger partial charge in [-0.3, -0.25) is 0 Å². The number of fused-ring (bicyclic) bond motifs is 1. The normalized spacial score (nSPS) is 23.9. The number of hydrogen-bond donors (Lipinski definition) is 2. The summed E-state index contributed by atoms with van der Waals surface area (Å²) in [5.41, 5.74) is 2.33. The molecule has 1 aromatic rings. The molecule has 0 aromatic heterocycles. The van der Waals surface area contributed by atoms with Crippen LogP contribution in [-0.4, -0.2) is 12.3 Å². The number of benzene rings is 1. The Labute approximate surface area is 89.1 Å². The minimum Gasteiger partial charge on any atom is -0.494 e. The van der Waals surface area contributed by atoms with Crippen LogP contribution in [0.25, 0.3) is 0 Å². The van der Waals surface area contributed by atoms with Crippen LogP contribution in [0.2, 0.25) is 0 Å². The number of hydrogen-bond acceptors (Lipinski definition) is 3. The fraction of sp³-hybridized carbons (Fsp3) is 0.333. The summed E-state index contributed by atoms with van der Waals surface area (Å²) < 4.78 is 5.59. The predicted octanol–water partition coefficient (Wildman–Crippen LogP) is 2.54. The molecule has 0 radical (unpaired) electrons. The van der Waals surface area contributed by atoms with Gasteiger partial charge in [0.2, 0.25) is 0 Å². The first-order chi connectivity index (χ1) is 7.43. The Balaban J connectivity index is 1.75. The molecule has 0 saturated heterocycles. The van der Waals surface area contributed by atoms with Crippen LogP contribution in [0.3, 0.4) is 0 Å². The average molecular weight is 202 g/mol. The Hall–Kier alpha value is -1.64. The molecule has 78 valence electrons. The molecule has 2 heterocycles. The summed E-state index contributed by atoms with van der Waals surface area (Å²) in [5.74, 6) is 0. The fourth-order valence-electron chi connectivity index (χ4n) is 2.09. The third kappa shape index (κ3) is 1.54. The average Bonchev–Trinajstić information content (AvgIpc) is 2.74. The van der Waals surface area contributed by atoms with Crippen molar-refractivity contribution in [2.24, 2.45) is 0 Å². The van der Waals surface area contributed by atoms with Crippen LogP contribution in [-0.2, 0) is 4.74 Å². The molecule has 0 amide bonds. The summed E-state index contributed by atoms with van der Waals surface area (Å²) in [4.78, 5) is 0. The predicted molar refractivity (Wildman–Crippen MR) is 60.7 cm³/mol. The van der Waals surface area contributed by atoms with Crippen molar-refractivity contribution in [3.63, 3.8) is 0 Å². The Kier molecular flexibility index (Phi) is 2.02. The lowest BCUT2D eigenvalue weighted by Crippen LogP contribution is -2.38. The van der Waals surface area contributed by atoms with E-state index in [1.807, 2.05) is 12.1 Å². The lowest BCUT2D eigenvalue weighted by molar-refractivity contribution is 0.114. The maximum absolute atomic E-state index is 5.59. The van der Waals surface area contributed by atoms with Gasteiger partial charge in [0.25, 0.3) is 0 Å². The maximum Gasteiger partial charge on any atom is 0.136 e. The largest absolute Gasteiger partial charge is 0.494 e. The Morgan fingerprint density at radius 2 is 1.87 bits per heavy atom. The van der Waals surface area contributed by atoms with Gasteiger partial charge in [-0.1, -0.05) is 12.1 Å². The topological polar surface area (TPSA) is 33.3 Å². The lowest BCUT2D eigenvalue weighted by atomic mass is 10.1. The highest BCUT2D eigenvalue weighted by Crippen LogP contribution is 2.31. The lowest BCUT2D eigenvalue weighted by Gasteiger charge is -2.25. The number of nitrogens with one attached hydrogen (secondary N) is 2. The molecule has 0 aliphatic carbocycles. The van der Waals surface area contributed by atoms with Gasteiger partial charge in [-0.15, -0.1) is 0 Å². The van der Waals surface area contributed by atoms with E-state index < -0.39 is 0 Å². The Bertz CT molecular complexity index is 364. The van der Waals surface area contributed by atoms with E-state index in [0.29, 0.717) is 0 Å². The summed E-state index contributed by atoms with van der Waals surface area (Å²) in [6.45, 7) is 0. The Morgan fingerprint density at radius 3 is 2.47 bits per heavy atom. The molecule has 0 spiro atoms. The third-order valence-electron chi connectivity index (χ3n) is 2.89. The van der Waals surface area contributed by atoms with E-state index in [2.05, 4.69) is 28.8 Å². The van der Waals surface area contributed by atoms with Gasteiger partial charge in [-0.2, -0.15) is 0 Å². The molecule has 2 aliphatic rings. The summed E-state index contributed by atoms with van der Waals surface area (Å²) >= 11 is 0. The van der Waals surface area contributed by atoms with E-state index in [1.165, 1.54) is 11.4 Å². The zero-order valence-corrected chi connectivity index (χ0v) is 8.44. The highest BCUT2D eigenvalue weighted by atomic mass is 16.5. The van der Waals surface area contributed by atoms with E-state index >= 15 is 0 Å². The summed E-state index contributed by atoms with van der Waals surface area (Å²) in [7, 11) is 0. The van der Waals surface area contributed by atoms with Gasteiger partial charge in [0, 0.05) is 0 Å². The van der Waals surface area contributed by atoms with Crippen LogP contribution >= 0.6 is 0 Å². The number of para-hydroxylation sites is 2. The van der Waals surface area contributed by atoms with Crippen molar-refractivity contribution in [1.29, 1.82) is 0 Å². The van der Waals surface area contributed by atoms with Crippen molar-refractivity contribution < 1.29 is 4.74 Å². The van der Waals surface area contributed by atoms with Crippen LogP contribution in [0.4, 0.5) is 11.4 Å². The minimum absolute atomic E-state index is 0.201. The smallest absolute Gasteiger partial charge is 0.136 e. The van der Waals surface area contributed by atoms with E-state index in [1.54, 1.807) is 6.26 Å². The second-order valence-corrected chi connectivity index (χ2v) is 3.94. The summed E-state index contributed by atoms with van der Waals surface area (Å²) in [6, 6.07) is 8.25. The molecule has 15 heavy (non-hydrogen) atoms. The quantitative estimate of drug-likeness (QED) is 0.734. The van der Waals surface area contributed by atoms with Crippen molar-refractivity contribution >= 4 is 11.4 Å². The van der Waals surface area contributed by atoms with E-state index in [-0.39, 0.29) is 12.3 Å². The summed E-state index contributed by atoms with van der Waals surface area (Å²) in [5, 5.41) is 6.87. The van der Waals surface area contributed by atoms with Crippen LogP contribution in [0.1, 0.15) is 12.8 Å². The third-order valence-corrected chi connectivity index (χ3v) is 2.89. The number of allylic oxidation sites excluding steroid dienone is 1.